The third-order valence-electron chi connectivity index (χ3n) is 7.50. The zero-order valence-corrected chi connectivity index (χ0v) is 25.2. The Labute approximate surface area is 248 Å². The second-order valence-electron chi connectivity index (χ2n) is 10.6. The van der Waals surface area contributed by atoms with E-state index in [4.69, 9.17) is 11.6 Å². The van der Waals surface area contributed by atoms with Crippen molar-refractivity contribution in [2.24, 2.45) is 0 Å². The summed E-state index contributed by atoms with van der Waals surface area (Å²) in [6.45, 7) is 3.49. The average Bonchev–Trinajstić information content (AvgIpc) is 2.97. The summed E-state index contributed by atoms with van der Waals surface area (Å²) in [4.78, 5) is 29.4. The monoisotopic (exact) mass is 595 g/mol. The molecule has 1 N–H and O–H groups in total. The maximum absolute atomic E-state index is 14.2. The number of amides is 2. The van der Waals surface area contributed by atoms with Crippen LogP contribution in [0.4, 0.5) is 5.69 Å². The highest BCUT2D eigenvalue weighted by Crippen LogP contribution is 2.31. The Balaban J connectivity index is 1.71. The van der Waals surface area contributed by atoms with Crippen molar-refractivity contribution in [1.29, 1.82) is 0 Å². The third kappa shape index (κ3) is 7.68. The van der Waals surface area contributed by atoms with Gasteiger partial charge in [0.15, 0.2) is 0 Å². The largest absolute Gasteiger partial charge is 0.352 e. The predicted molar refractivity (Wildman–Crippen MR) is 163 cm³/mol. The molecule has 0 bridgehead atoms. The first kappa shape index (κ1) is 30.6. The summed E-state index contributed by atoms with van der Waals surface area (Å²) >= 11 is 6.48. The molecule has 0 radical (unpaired) electrons. The zero-order valence-electron chi connectivity index (χ0n) is 23.6. The summed E-state index contributed by atoms with van der Waals surface area (Å²) in [7, 11) is -4.16. The van der Waals surface area contributed by atoms with Crippen molar-refractivity contribution < 1.29 is 18.0 Å². The van der Waals surface area contributed by atoms with Crippen LogP contribution in [0.25, 0.3) is 0 Å². The molecule has 1 saturated carbocycles. The minimum atomic E-state index is -4.16. The molecule has 1 aliphatic rings. The third-order valence-corrected chi connectivity index (χ3v) is 9.60. The van der Waals surface area contributed by atoms with E-state index in [1.54, 1.807) is 42.5 Å². The van der Waals surface area contributed by atoms with Crippen molar-refractivity contribution in [3.8, 4) is 0 Å². The van der Waals surface area contributed by atoms with Gasteiger partial charge >= 0.3 is 0 Å². The number of hydrogen-bond donors (Lipinski definition) is 1. The summed E-state index contributed by atoms with van der Waals surface area (Å²) < 4.78 is 28.8. The molecule has 0 saturated heterocycles. The Morgan fingerprint density at radius 1 is 0.951 bits per heavy atom. The predicted octanol–water partition coefficient (Wildman–Crippen LogP) is 6.10. The Kier molecular flexibility index (Phi) is 10.5. The van der Waals surface area contributed by atoms with Gasteiger partial charge in [0.25, 0.3) is 10.0 Å². The number of hydrogen-bond acceptors (Lipinski definition) is 4. The standard InChI is InChI=1S/C32H38ClN3O4S/c1-3-29(32(38)34-26-15-6-4-7-16-26)35(22-25-14-12-13-24(2)21-25)31(37)23-36(30-20-11-10-19-28(30)33)41(39,40)27-17-8-5-9-18-27/h5,8-14,17-21,26,29H,3-4,6-7,15-16,22-23H2,1-2H3,(H,34,38)/t29-/m0/s1. The molecule has 3 aromatic carbocycles. The lowest BCUT2D eigenvalue weighted by molar-refractivity contribution is -0.140. The molecule has 41 heavy (non-hydrogen) atoms. The summed E-state index contributed by atoms with van der Waals surface area (Å²) in [5.41, 5.74) is 2.08. The Hall–Kier alpha value is -3.36. The maximum Gasteiger partial charge on any atom is 0.264 e. The summed E-state index contributed by atoms with van der Waals surface area (Å²) in [6.07, 6.45) is 5.52. The fourth-order valence-corrected chi connectivity index (χ4v) is 7.10. The van der Waals surface area contributed by atoms with Crippen LogP contribution in [0.5, 0.6) is 0 Å². The van der Waals surface area contributed by atoms with E-state index in [0.29, 0.717) is 6.42 Å². The van der Waals surface area contributed by atoms with Gasteiger partial charge in [0, 0.05) is 12.6 Å². The van der Waals surface area contributed by atoms with E-state index in [-0.39, 0.29) is 34.1 Å². The van der Waals surface area contributed by atoms with Gasteiger partial charge < -0.3 is 10.2 Å². The molecule has 7 nitrogen and oxygen atoms in total. The second-order valence-corrected chi connectivity index (χ2v) is 12.8. The number of carbonyl (C=O) groups excluding carboxylic acids is 2. The summed E-state index contributed by atoms with van der Waals surface area (Å²) in [5.74, 6) is -0.702. The normalized spacial score (nSPS) is 14.7. The van der Waals surface area contributed by atoms with E-state index < -0.39 is 28.5 Å². The Morgan fingerprint density at radius 2 is 1.63 bits per heavy atom. The van der Waals surface area contributed by atoms with E-state index >= 15 is 0 Å². The number of halogens is 1. The van der Waals surface area contributed by atoms with Crippen LogP contribution in [0.2, 0.25) is 5.02 Å². The maximum atomic E-state index is 14.2. The van der Waals surface area contributed by atoms with Crippen molar-refractivity contribution in [2.75, 3.05) is 10.8 Å². The number of sulfonamides is 1. The van der Waals surface area contributed by atoms with Crippen LogP contribution >= 0.6 is 11.6 Å². The van der Waals surface area contributed by atoms with Gasteiger partial charge in [0.1, 0.15) is 12.6 Å². The highest BCUT2D eigenvalue weighted by atomic mass is 35.5. The minimum Gasteiger partial charge on any atom is -0.352 e. The smallest absolute Gasteiger partial charge is 0.264 e. The molecule has 4 rings (SSSR count). The van der Waals surface area contributed by atoms with Gasteiger partial charge in [-0.15, -0.1) is 0 Å². The first-order valence-corrected chi connectivity index (χ1v) is 16.0. The molecule has 218 valence electrons. The van der Waals surface area contributed by atoms with Gasteiger partial charge in [-0.25, -0.2) is 8.42 Å². The fourth-order valence-electron chi connectivity index (χ4n) is 5.36. The first-order valence-electron chi connectivity index (χ1n) is 14.2. The molecule has 3 aromatic rings. The van der Waals surface area contributed by atoms with Crippen molar-refractivity contribution >= 4 is 39.1 Å². The molecule has 0 aromatic heterocycles. The molecule has 0 aliphatic heterocycles. The molecule has 9 heteroatoms. The molecule has 1 fully saturated rings. The van der Waals surface area contributed by atoms with E-state index in [0.717, 1.165) is 47.5 Å². The minimum absolute atomic E-state index is 0.0417. The summed E-state index contributed by atoms with van der Waals surface area (Å²) in [5, 5.41) is 3.37. The Bertz CT molecular complexity index is 1440. The van der Waals surface area contributed by atoms with Gasteiger partial charge in [0.05, 0.1) is 15.6 Å². The van der Waals surface area contributed by atoms with Crippen molar-refractivity contribution in [2.45, 2.75) is 75.9 Å². The topological polar surface area (TPSA) is 86.8 Å². The van der Waals surface area contributed by atoms with Crippen molar-refractivity contribution in [1.82, 2.24) is 10.2 Å². The van der Waals surface area contributed by atoms with Gasteiger partial charge in [-0.1, -0.05) is 97.9 Å². The molecule has 0 heterocycles. The van der Waals surface area contributed by atoms with Crippen molar-refractivity contribution in [3.05, 3.63) is 95.0 Å². The van der Waals surface area contributed by atoms with Gasteiger partial charge in [0.2, 0.25) is 11.8 Å². The number of nitrogens with zero attached hydrogens (tertiary/aromatic N) is 2. The number of para-hydroxylation sites is 1. The molecule has 1 atom stereocenters. The van der Waals surface area contributed by atoms with Crippen LogP contribution in [-0.2, 0) is 26.2 Å². The van der Waals surface area contributed by atoms with Crippen LogP contribution in [0.15, 0.2) is 83.8 Å². The molecular weight excluding hydrogens is 558 g/mol. The van der Waals surface area contributed by atoms with Crippen LogP contribution in [0.1, 0.15) is 56.6 Å². The lowest BCUT2D eigenvalue weighted by atomic mass is 9.95. The average molecular weight is 596 g/mol. The lowest BCUT2D eigenvalue weighted by Crippen LogP contribution is -2.54. The summed E-state index contributed by atoms with van der Waals surface area (Å²) in [6, 6.07) is 21.6. The van der Waals surface area contributed by atoms with Crippen molar-refractivity contribution in [3.63, 3.8) is 0 Å². The molecule has 0 spiro atoms. The van der Waals surface area contributed by atoms with Crippen LogP contribution in [-0.4, -0.2) is 43.8 Å². The van der Waals surface area contributed by atoms with E-state index in [1.807, 2.05) is 38.1 Å². The number of carbonyl (C=O) groups is 2. The number of anilines is 1. The Morgan fingerprint density at radius 3 is 2.29 bits per heavy atom. The number of rotatable bonds is 11. The lowest BCUT2D eigenvalue weighted by Gasteiger charge is -2.34. The number of aryl methyl sites for hydroxylation is 1. The highest BCUT2D eigenvalue weighted by molar-refractivity contribution is 7.92. The highest BCUT2D eigenvalue weighted by Gasteiger charge is 2.35. The first-order chi connectivity index (χ1) is 19.7. The molecule has 1 aliphatic carbocycles. The fraction of sp³-hybridized carbons (Fsp3) is 0.375. The molecule has 2 amide bonds. The quantitative estimate of drug-likeness (QED) is 0.290. The van der Waals surface area contributed by atoms with Gasteiger partial charge in [-0.2, -0.15) is 0 Å². The number of benzene rings is 3. The van der Waals surface area contributed by atoms with Crippen LogP contribution in [0, 0.1) is 6.92 Å². The van der Waals surface area contributed by atoms with Gasteiger partial charge in [-0.3, -0.25) is 13.9 Å². The molecular formula is C32H38ClN3O4S. The zero-order chi connectivity index (χ0) is 29.4. The van der Waals surface area contributed by atoms with Gasteiger partial charge in [-0.05, 0) is 56.0 Å². The van der Waals surface area contributed by atoms with E-state index in [1.165, 1.54) is 17.0 Å². The molecule has 0 unspecified atom stereocenters. The van der Waals surface area contributed by atoms with E-state index in [2.05, 4.69) is 5.32 Å². The SMILES string of the molecule is CC[C@@H](C(=O)NC1CCCCC1)N(Cc1cccc(C)c1)C(=O)CN(c1ccccc1Cl)S(=O)(=O)c1ccccc1. The second kappa shape index (κ2) is 14.0. The van der Waals surface area contributed by atoms with Crippen LogP contribution < -0.4 is 9.62 Å². The number of nitrogens with one attached hydrogen (secondary N) is 1. The van der Waals surface area contributed by atoms with E-state index in [9.17, 15) is 18.0 Å². The van der Waals surface area contributed by atoms with Crippen LogP contribution in [0.3, 0.4) is 0 Å².